The number of ether oxygens (including phenoxy) is 1. The Morgan fingerprint density at radius 3 is 2.64 bits per heavy atom. The summed E-state index contributed by atoms with van der Waals surface area (Å²) < 4.78 is 5.73. The van der Waals surface area contributed by atoms with Gasteiger partial charge in [0, 0.05) is 39.8 Å². The van der Waals surface area contributed by atoms with E-state index >= 15 is 0 Å². The van der Waals surface area contributed by atoms with Crippen molar-refractivity contribution in [1.82, 2.24) is 15.1 Å². The van der Waals surface area contributed by atoms with Gasteiger partial charge in [-0.15, -0.1) is 0 Å². The predicted molar refractivity (Wildman–Crippen MR) is 105 cm³/mol. The van der Waals surface area contributed by atoms with Crippen molar-refractivity contribution in [3.63, 3.8) is 0 Å². The molecule has 0 amide bonds. The normalized spacial score (nSPS) is 14.8. The van der Waals surface area contributed by atoms with Crippen LogP contribution in [0.1, 0.15) is 25.3 Å². The van der Waals surface area contributed by atoms with Gasteiger partial charge in [0.15, 0.2) is 5.96 Å². The van der Waals surface area contributed by atoms with Gasteiger partial charge in [0.05, 0.1) is 13.2 Å². The van der Waals surface area contributed by atoms with E-state index in [0.29, 0.717) is 0 Å². The number of nitrogens with one attached hydrogen (secondary N) is 1. The number of likely N-dealkylation sites (N-methyl/N-ethyl adjacent to an activating group) is 2. The van der Waals surface area contributed by atoms with Crippen molar-refractivity contribution in [3.8, 4) is 0 Å². The third-order valence-electron chi connectivity index (χ3n) is 4.36. The Bertz CT molecular complexity index is 502. The predicted octanol–water partition coefficient (Wildman–Crippen LogP) is 2.44. The molecule has 1 aliphatic carbocycles. The first-order chi connectivity index (χ1) is 12.2. The number of rotatable bonds is 11. The summed E-state index contributed by atoms with van der Waals surface area (Å²) >= 11 is 0. The van der Waals surface area contributed by atoms with E-state index in [-0.39, 0.29) is 0 Å². The van der Waals surface area contributed by atoms with Gasteiger partial charge in [0.2, 0.25) is 0 Å². The topological polar surface area (TPSA) is 40.1 Å². The SMILES string of the molecule is CCNC(=NCCN(C)Cc1ccccc1)N(C)CCOCC1CC1. The zero-order valence-electron chi connectivity index (χ0n) is 16.1. The molecule has 25 heavy (non-hydrogen) atoms. The smallest absolute Gasteiger partial charge is 0.193 e. The van der Waals surface area contributed by atoms with Gasteiger partial charge < -0.3 is 19.9 Å². The minimum atomic E-state index is 0.769. The van der Waals surface area contributed by atoms with Crippen LogP contribution in [0.15, 0.2) is 35.3 Å². The summed E-state index contributed by atoms with van der Waals surface area (Å²) in [5.74, 6) is 1.79. The molecule has 0 aliphatic heterocycles. The lowest BCUT2D eigenvalue weighted by Crippen LogP contribution is -2.41. The van der Waals surface area contributed by atoms with E-state index in [0.717, 1.165) is 57.8 Å². The fraction of sp³-hybridized carbons (Fsp3) is 0.650. The largest absolute Gasteiger partial charge is 0.379 e. The van der Waals surface area contributed by atoms with E-state index in [4.69, 9.17) is 9.73 Å². The molecule has 2 rings (SSSR count). The van der Waals surface area contributed by atoms with Crippen molar-refractivity contribution < 1.29 is 4.74 Å². The fourth-order valence-corrected chi connectivity index (χ4v) is 2.61. The first-order valence-electron chi connectivity index (χ1n) is 9.48. The summed E-state index contributed by atoms with van der Waals surface area (Å²) in [7, 11) is 4.22. The molecule has 0 saturated heterocycles. The van der Waals surface area contributed by atoms with Gasteiger partial charge in [0.25, 0.3) is 0 Å². The van der Waals surface area contributed by atoms with Crippen LogP contribution < -0.4 is 5.32 Å². The van der Waals surface area contributed by atoms with E-state index in [1.54, 1.807) is 0 Å². The molecule has 5 nitrogen and oxygen atoms in total. The van der Waals surface area contributed by atoms with Crippen molar-refractivity contribution in [2.45, 2.75) is 26.3 Å². The highest BCUT2D eigenvalue weighted by Crippen LogP contribution is 2.28. The Hall–Kier alpha value is -1.59. The van der Waals surface area contributed by atoms with Crippen molar-refractivity contribution in [2.75, 3.05) is 53.5 Å². The molecule has 0 spiro atoms. The lowest BCUT2D eigenvalue weighted by atomic mass is 10.2. The molecule has 0 atom stereocenters. The Morgan fingerprint density at radius 1 is 1.20 bits per heavy atom. The van der Waals surface area contributed by atoms with Crippen molar-refractivity contribution in [2.24, 2.45) is 10.9 Å². The third-order valence-corrected chi connectivity index (χ3v) is 4.36. The van der Waals surface area contributed by atoms with Crippen LogP contribution in [0.25, 0.3) is 0 Å². The molecule has 0 aromatic heterocycles. The zero-order chi connectivity index (χ0) is 17.9. The molecule has 1 aromatic carbocycles. The first kappa shape index (κ1) is 19.7. The molecule has 0 radical (unpaired) electrons. The van der Waals surface area contributed by atoms with Crippen LogP contribution in [-0.4, -0.2) is 69.2 Å². The fourth-order valence-electron chi connectivity index (χ4n) is 2.61. The highest BCUT2D eigenvalue weighted by molar-refractivity contribution is 5.79. The molecule has 1 saturated carbocycles. The van der Waals surface area contributed by atoms with Gasteiger partial charge in [-0.1, -0.05) is 30.3 Å². The van der Waals surface area contributed by atoms with Crippen molar-refractivity contribution in [1.29, 1.82) is 0 Å². The quantitative estimate of drug-likeness (QED) is 0.380. The van der Waals surface area contributed by atoms with Crippen LogP contribution in [0.5, 0.6) is 0 Å². The van der Waals surface area contributed by atoms with E-state index in [1.165, 1.54) is 18.4 Å². The Morgan fingerprint density at radius 2 is 1.96 bits per heavy atom. The van der Waals surface area contributed by atoms with Gasteiger partial charge in [-0.3, -0.25) is 4.99 Å². The Balaban J connectivity index is 1.69. The van der Waals surface area contributed by atoms with Gasteiger partial charge in [0.1, 0.15) is 0 Å². The molecule has 1 N–H and O–H groups in total. The van der Waals surface area contributed by atoms with Gasteiger partial charge in [-0.25, -0.2) is 0 Å². The zero-order valence-corrected chi connectivity index (χ0v) is 16.1. The molecular weight excluding hydrogens is 312 g/mol. The van der Waals surface area contributed by atoms with Crippen LogP contribution in [-0.2, 0) is 11.3 Å². The van der Waals surface area contributed by atoms with E-state index < -0.39 is 0 Å². The maximum Gasteiger partial charge on any atom is 0.193 e. The van der Waals surface area contributed by atoms with E-state index in [2.05, 4.69) is 66.5 Å². The maximum absolute atomic E-state index is 5.73. The molecular formula is C20H34N4O. The van der Waals surface area contributed by atoms with Gasteiger partial charge in [-0.2, -0.15) is 0 Å². The second-order valence-electron chi connectivity index (χ2n) is 6.90. The Kier molecular flexibility index (Phi) is 8.77. The van der Waals surface area contributed by atoms with Gasteiger partial charge in [-0.05, 0) is 38.3 Å². The van der Waals surface area contributed by atoms with Crippen molar-refractivity contribution in [3.05, 3.63) is 35.9 Å². The highest BCUT2D eigenvalue weighted by Gasteiger charge is 2.21. The minimum Gasteiger partial charge on any atom is -0.379 e. The van der Waals surface area contributed by atoms with Crippen LogP contribution >= 0.6 is 0 Å². The summed E-state index contributed by atoms with van der Waals surface area (Å²) in [5, 5.41) is 3.37. The molecule has 0 heterocycles. The first-order valence-corrected chi connectivity index (χ1v) is 9.48. The summed E-state index contributed by atoms with van der Waals surface area (Å²) in [5.41, 5.74) is 1.34. The second kappa shape index (κ2) is 11.1. The molecule has 1 aromatic rings. The third kappa shape index (κ3) is 8.36. The number of aliphatic imine (C=N–C) groups is 1. The molecule has 0 unspecified atom stereocenters. The minimum absolute atomic E-state index is 0.769. The monoisotopic (exact) mass is 346 g/mol. The molecule has 1 fully saturated rings. The van der Waals surface area contributed by atoms with Crippen LogP contribution in [0.4, 0.5) is 0 Å². The number of nitrogens with zero attached hydrogens (tertiary/aromatic N) is 3. The Labute approximate surface area is 153 Å². The maximum atomic E-state index is 5.73. The summed E-state index contributed by atoms with van der Waals surface area (Å²) in [4.78, 5) is 9.22. The van der Waals surface area contributed by atoms with E-state index in [1.807, 2.05) is 0 Å². The van der Waals surface area contributed by atoms with E-state index in [9.17, 15) is 0 Å². The number of guanidine groups is 1. The summed E-state index contributed by atoms with van der Waals surface area (Å²) in [6.45, 7) is 8.24. The average molecular weight is 347 g/mol. The van der Waals surface area contributed by atoms with Crippen LogP contribution in [0.3, 0.4) is 0 Å². The standard InChI is InChI=1S/C20H34N4O/c1-4-21-20(24(3)14-15-25-17-19-10-11-19)22-12-13-23(2)16-18-8-6-5-7-9-18/h5-9,19H,4,10-17H2,1-3H3,(H,21,22). The molecule has 5 heteroatoms. The average Bonchev–Trinajstić information content (AvgIpc) is 3.43. The van der Waals surface area contributed by atoms with Crippen molar-refractivity contribution >= 4 is 5.96 Å². The number of benzene rings is 1. The number of hydrogen-bond acceptors (Lipinski definition) is 3. The lowest BCUT2D eigenvalue weighted by molar-refractivity contribution is 0.115. The van der Waals surface area contributed by atoms with Crippen LogP contribution in [0.2, 0.25) is 0 Å². The summed E-state index contributed by atoms with van der Waals surface area (Å²) in [6, 6.07) is 10.6. The molecule has 1 aliphatic rings. The number of hydrogen-bond donors (Lipinski definition) is 1. The molecule has 0 bridgehead atoms. The molecule has 140 valence electrons. The van der Waals surface area contributed by atoms with Gasteiger partial charge >= 0.3 is 0 Å². The lowest BCUT2D eigenvalue weighted by Gasteiger charge is -2.22. The second-order valence-corrected chi connectivity index (χ2v) is 6.90. The van der Waals surface area contributed by atoms with Crippen LogP contribution in [0, 0.1) is 5.92 Å². The summed E-state index contributed by atoms with van der Waals surface area (Å²) in [6.07, 6.45) is 2.69. The highest BCUT2D eigenvalue weighted by atomic mass is 16.5.